The number of fused-ring (bicyclic) bond motifs is 1. The van der Waals surface area contributed by atoms with Crippen LogP contribution in [0.5, 0.6) is 0 Å². The number of imidazole rings is 1. The molecule has 26 heavy (non-hydrogen) atoms. The zero-order valence-corrected chi connectivity index (χ0v) is 15.6. The van der Waals surface area contributed by atoms with Gasteiger partial charge < -0.3 is 0 Å². The van der Waals surface area contributed by atoms with Crippen molar-refractivity contribution in [3.8, 4) is 5.69 Å². The smallest absolute Gasteiger partial charge is 0.257 e. The van der Waals surface area contributed by atoms with Crippen molar-refractivity contribution < 1.29 is 4.79 Å². The maximum atomic E-state index is 12.6. The number of aryl methyl sites for hydroxylation is 3. The van der Waals surface area contributed by atoms with E-state index in [9.17, 15) is 4.79 Å². The first-order valence-corrected chi connectivity index (χ1v) is 9.14. The van der Waals surface area contributed by atoms with Gasteiger partial charge in [-0.05, 0) is 51.1 Å². The first-order chi connectivity index (χ1) is 12.5. The van der Waals surface area contributed by atoms with Gasteiger partial charge in [-0.25, -0.2) is 9.97 Å². The summed E-state index contributed by atoms with van der Waals surface area (Å²) in [4.78, 5) is 22.7. The Morgan fingerprint density at radius 2 is 1.81 bits per heavy atom. The molecule has 6 heteroatoms. The van der Waals surface area contributed by atoms with E-state index in [1.807, 2.05) is 69.3 Å². The molecule has 1 amide bonds. The second kappa shape index (κ2) is 6.38. The van der Waals surface area contributed by atoms with Gasteiger partial charge >= 0.3 is 0 Å². The highest BCUT2D eigenvalue weighted by molar-refractivity contribution is 7.15. The third-order valence-electron chi connectivity index (χ3n) is 4.35. The maximum absolute atomic E-state index is 12.6. The summed E-state index contributed by atoms with van der Waals surface area (Å²) in [5, 5.41) is 3.49. The largest absolute Gasteiger partial charge is 0.298 e. The topological polar surface area (TPSA) is 59.8 Å². The first-order valence-electron chi connectivity index (χ1n) is 8.33. The molecule has 0 aliphatic heterocycles. The summed E-state index contributed by atoms with van der Waals surface area (Å²) in [6.45, 7) is 5.90. The SMILES string of the molecule is Cc1nc(NC(=O)c2ccc3c(c2)nc(C)n3-c2ccccc2)sc1C. The average Bonchev–Trinajstić information content (AvgIpc) is 3.12. The third-order valence-corrected chi connectivity index (χ3v) is 5.34. The van der Waals surface area contributed by atoms with Gasteiger partial charge in [0.25, 0.3) is 5.91 Å². The summed E-state index contributed by atoms with van der Waals surface area (Å²) in [6.07, 6.45) is 0. The van der Waals surface area contributed by atoms with Crippen LogP contribution in [0, 0.1) is 20.8 Å². The van der Waals surface area contributed by atoms with Gasteiger partial charge in [-0.15, -0.1) is 11.3 Å². The Morgan fingerprint density at radius 3 is 2.50 bits per heavy atom. The number of thiazole rings is 1. The van der Waals surface area contributed by atoms with Crippen molar-refractivity contribution in [1.29, 1.82) is 0 Å². The zero-order valence-electron chi connectivity index (χ0n) is 14.8. The molecule has 5 nitrogen and oxygen atoms in total. The van der Waals surface area contributed by atoms with Gasteiger partial charge in [0, 0.05) is 16.1 Å². The Hall–Kier alpha value is -2.99. The fraction of sp³-hybridized carbons (Fsp3) is 0.150. The quantitative estimate of drug-likeness (QED) is 0.577. The molecule has 0 radical (unpaired) electrons. The maximum Gasteiger partial charge on any atom is 0.257 e. The van der Waals surface area contributed by atoms with Gasteiger partial charge in [0.2, 0.25) is 0 Å². The monoisotopic (exact) mass is 362 g/mol. The van der Waals surface area contributed by atoms with Crippen LogP contribution in [0.15, 0.2) is 48.5 Å². The summed E-state index contributed by atoms with van der Waals surface area (Å²) >= 11 is 1.48. The minimum Gasteiger partial charge on any atom is -0.298 e. The second-order valence-electron chi connectivity index (χ2n) is 6.15. The average molecular weight is 362 g/mol. The van der Waals surface area contributed by atoms with E-state index in [-0.39, 0.29) is 5.91 Å². The van der Waals surface area contributed by atoms with Crippen molar-refractivity contribution in [2.75, 3.05) is 5.32 Å². The number of hydrogen-bond donors (Lipinski definition) is 1. The molecule has 0 aliphatic rings. The lowest BCUT2D eigenvalue weighted by Gasteiger charge is -2.07. The lowest BCUT2D eigenvalue weighted by Crippen LogP contribution is -2.11. The number of carbonyl (C=O) groups excluding carboxylic acids is 1. The fourth-order valence-corrected chi connectivity index (χ4v) is 3.75. The number of benzene rings is 2. The Balaban J connectivity index is 1.69. The molecular formula is C20H18N4OS. The third kappa shape index (κ3) is 2.88. The Morgan fingerprint density at radius 1 is 1.04 bits per heavy atom. The van der Waals surface area contributed by atoms with Crippen LogP contribution < -0.4 is 5.32 Å². The molecular weight excluding hydrogens is 344 g/mol. The number of rotatable bonds is 3. The number of aromatic nitrogens is 3. The van der Waals surface area contributed by atoms with Gasteiger partial charge in [-0.3, -0.25) is 14.7 Å². The second-order valence-corrected chi connectivity index (χ2v) is 7.35. The van der Waals surface area contributed by atoms with E-state index in [4.69, 9.17) is 0 Å². The highest BCUT2D eigenvalue weighted by Crippen LogP contribution is 2.24. The summed E-state index contributed by atoms with van der Waals surface area (Å²) in [5.74, 6) is 0.711. The van der Waals surface area contributed by atoms with Crippen molar-refractivity contribution >= 4 is 33.4 Å². The molecule has 0 fully saturated rings. The van der Waals surface area contributed by atoms with E-state index >= 15 is 0 Å². The summed E-state index contributed by atoms with van der Waals surface area (Å²) < 4.78 is 2.09. The molecule has 0 atom stereocenters. The van der Waals surface area contributed by atoms with Gasteiger partial charge in [0.1, 0.15) is 5.82 Å². The summed E-state index contributed by atoms with van der Waals surface area (Å²) in [7, 11) is 0. The Kier molecular flexibility index (Phi) is 4.05. The van der Waals surface area contributed by atoms with E-state index in [0.717, 1.165) is 33.1 Å². The summed E-state index contributed by atoms with van der Waals surface area (Å²) in [6, 6.07) is 15.7. The number of amides is 1. The molecule has 2 heterocycles. The van der Waals surface area contributed by atoms with Crippen LogP contribution in [0.25, 0.3) is 16.7 Å². The number of para-hydroxylation sites is 1. The minimum absolute atomic E-state index is 0.174. The molecule has 4 aromatic rings. The van der Waals surface area contributed by atoms with Crippen LogP contribution >= 0.6 is 11.3 Å². The van der Waals surface area contributed by atoms with E-state index in [0.29, 0.717) is 10.7 Å². The van der Waals surface area contributed by atoms with Gasteiger partial charge in [0.15, 0.2) is 5.13 Å². The zero-order chi connectivity index (χ0) is 18.3. The predicted octanol–water partition coefficient (Wildman–Crippen LogP) is 4.66. The van der Waals surface area contributed by atoms with Crippen molar-refractivity contribution in [2.45, 2.75) is 20.8 Å². The van der Waals surface area contributed by atoms with Crippen molar-refractivity contribution in [1.82, 2.24) is 14.5 Å². The van der Waals surface area contributed by atoms with Crippen LogP contribution in [0.2, 0.25) is 0 Å². The van der Waals surface area contributed by atoms with E-state index in [1.54, 1.807) is 0 Å². The van der Waals surface area contributed by atoms with E-state index in [2.05, 4.69) is 19.9 Å². The number of anilines is 1. The minimum atomic E-state index is -0.174. The lowest BCUT2D eigenvalue weighted by atomic mass is 10.2. The molecule has 2 aromatic carbocycles. The molecule has 0 aliphatic carbocycles. The molecule has 0 saturated heterocycles. The molecule has 2 aromatic heterocycles. The van der Waals surface area contributed by atoms with Crippen molar-refractivity contribution in [3.63, 3.8) is 0 Å². The molecule has 0 unspecified atom stereocenters. The summed E-state index contributed by atoms with van der Waals surface area (Å²) in [5.41, 5.74) is 4.34. The first kappa shape index (κ1) is 16.5. The number of hydrogen-bond acceptors (Lipinski definition) is 4. The predicted molar refractivity (Wildman–Crippen MR) is 105 cm³/mol. The van der Waals surface area contributed by atoms with Crippen LogP contribution in [-0.2, 0) is 0 Å². The Labute approximate surface area is 155 Å². The molecule has 0 saturated carbocycles. The van der Waals surface area contributed by atoms with Crippen molar-refractivity contribution in [2.24, 2.45) is 0 Å². The molecule has 1 N–H and O–H groups in total. The van der Waals surface area contributed by atoms with Gasteiger partial charge in [-0.1, -0.05) is 18.2 Å². The van der Waals surface area contributed by atoms with Crippen LogP contribution in [0.3, 0.4) is 0 Å². The molecule has 130 valence electrons. The van der Waals surface area contributed by atoms with E-state index < -0.39 is 0 Å². The van der Waals surface area contributed by atoms with Crippen LogP contribution in [0.4, 0.5) is 5.13 Å². The van der Waals surface area contributed by atoms with Gasteiger partial charge in [0.05, 0.1) is 16.7 Å². The highest BCUT2D eigenvalue weighted by Gasteiger charge is 2.14. The van der Waals surface area contributed by atoms with Crippen molar-refractivity contribution in [3.05, 3.63) is 70.5 Å². The molecule has 4 rings (SSSR count). The van der Waals surface area contributed by atoms with Gasteiger partial charge in [-0.2, -0.15) is 0 Å². The van der Waals surface area contributed by atoms with Crippen LogP contribution in [0.1, 0.15) is 26.8 Å². The lowest BCUT2D eigenvalue weighted by molar-refractivity contribution is 0.102. The number of nitrogens with zero attached hydrogens (tertiary/aromatic N) is 3. The fourth-order valence-electron chi connectivity index (χ4n) is 2.94. The van der Waals surface area contributed by atoms with E-state index in [1.165, 1.54) is 11.3 Å². The van der Waals surface area contributed by atoms with Crippen LogP contribution in [-0.4, -0.2) is 20.4 Å². The molecule has 0 spiro atoms. The highest BCUT2D eigenvalue weighted by atomic mass is 32.1. The number of carbonyl (C=O) groups is 1. The number of nitrogens with one attached hydrogen (secondary N) is 1. The molecule has 0 bridgehead atoms. The standard InChI is InChI=1S/C20H18N4OS/c1-12-13(2)26-20(21-12)23-19(25)15-9-10-18-17(11-15)22-14(3)24(18)16-7-5-4-6-8-16/h4-11H,1-3H3,(H,21,23,25). The normalized spacial score (nSPS) is 11.0. The Bertz CT molecular complexity index is 1090.